The van der Waals surface area contributed by atoms with E-state index in [1.165, 1.54) is 0 Å². The fourth-order valence-electron chi connectivity index (χ4n) is 8.25. The Labute approximate surface area is 297 Å². The highest BCUT2D eigenvalue weighted by Gasteiger charge is 2.24. The molecule has 0 aliphatic rings. The van der Waals surface area contributed by atoms with E-state index in [2.05, 4.69) is 102 Å². The number of fused-ring (bicyclic) bond motifs is 12. The molecule has 0 radical (unpaired) electrons. The second kappa shape index (κ2) is 10.9. The Morgan fingerprint density at radius 1 is 0.404 bits per heavy atom. The highest BCUT2D eigenvalue weighted by molar-refractivity contribution is 6.25. The summed E-state index contributed by atoms with van der Waals surface area (Å²) in [4.78, 5) is 26.2. The highest BCUT2D eigenvalue weighted by atomic mass is 16.1. The normalized spacial score (nSPS) is 11.9. The average Bonchev–Trinajstić information content (AvgIpc) is 3.55. The van der Waals surface area contributed by atoms with Crippen LogP contribution in [0.25, 0.3) is 98.8 Å². The SMILES string of the molecule is O=c1c2c(ccc3c4ccccc4n(-c4nc(-c5ccccc5)c5c(ccc6ccccc65)n4)c32)c2ccc3ccccc3c2n1-c1ccccc1. The Bertz CT molecular complexity index is 3310. The molecule has 0 saturated heterocycles. The summed E-state index contributed by atoms with van der Waals surface area (Å²) >= 11 is 0. The van der Waals surface area contributed by atoms with Crippen molar-refractivity contribution in [3.8, 4) is 22.9 Å². The van der Waals surface area contributed by atoms with Crippen molar-refractivity contribution in [2.75, 3.05) is 0 Å². The van der Waals surface area contributed by atoms with E-state index in [9.17, 15) is 0 Å². The van der Waals surface area contributed by atoms with Crippen LogP contribution in [0.1, 0.15) is 0 Å². The molecule has 5 nitrogen and oxygen atoms in total. The summed E-state index contributed by atoms with van der Waals surface area (Å²) in [5.41, 5.74) is 6.04. The van der Waals surface area contributed by atoms with Crippen LogP contribution < -0.4 is 5.56 Å². The minimum absolute atomic E-state index is 0.0882. The summed E-state index contributed by atoms with van der Waals surface area (Å²) < 4.78 is 4.00. The van der Waals surface area contributed by atoms with E-state index >= 15 is 4.79 Å². The largest absolute Gasteiger partial charge is 0.277 e. The number of pyridine rings is 1. The van der Waals surface area contributed by atoms with Crippen LogP contribution in [-0.4, -0.2) is 19.1 Å². The molecule has 0 N–H and O–H groups in total. The minimum atomic E-state index is -0.0882. The van der Waals surface area contributed by atoms with E-state index in [0.29, 0.717) is 11.3 Å². The van der Waals surface area contributed by atoms with Gasteiger partial charge < -0.3 is 0 Å². The van der Waals surface area contributed by atoms with Crippen LogP contribution in [-0.2, 0) is 0 Å². The summed E-state index contributed by atoms with van der Waals surface area (Å²) in [6, 6.07) is 58.1. The summed E-state index contributed by atoms with van der Waals surface area (Å²) in [5.74, 6) is 0.518. The zero-order valence-electron chi connectivity index (χ0n) is 27.9. The maximum atomic E-state index is 15.4. The fourth-order valence-corrected chi connectivity index (χ4v) is 8.25. The average molecular weight is 665 g/mol. The number of hydrogen-bond donors (Lipinski definition) is 0. The van der Waals surface area contributed by atoms with Crippen LogP contribution in [0.15, 0.2) is 175 Å². The van der Waals surface area contributed by atoms with Gasteiger partial charge in [-0.15, -0.1) is 0 Å². The van der Waals surface area contributed by atoms with Crippen molar-refractivity contribution >= 4 is 75.9 Å². The molecule has 242 valence electrons. The molecule has 52 heavy (non-hydrogen) atoms. The molecular formula is C47H28N4O. The molecule has 0 bridgehead atoms. The number of hydrogen-bond acceptors (Lipinski definition) is 3. The van der Waals surface area contributed by atoms with Gasteiger partial charge in [-0.25, -0.2) is 9.97 Å². The van der Waals surface area contributed by atoms with Gasteiger partial charge in [-0.05, 0) is 45.8 Å². The molecule has 5 heteroatoms. The second-order valence-electron chi connectivity index (χ2n) is 13.3. The van der Waals surface area contributed by atoms with E-state index in [0.717, 1.165) is 87.5 Å². The Morgan fingerprint density at radius 3 is 1.81 bits per heavy atom. The lowest BCUT2D eigenvalue weighted by Crippen LogP contribution is -2.20. The lowest BCUT2D eigenvalue weighted by molar-refractivity contribution is 1.01. The first kappa shape index (κ1) is 28.7. The Morgan fingerprint density at radius 2 is 1.00 bits per heavy atom. The summed E-state index contributed by atoms with van der Waals surface area (Å²) in [6.07, 6.45) is 0. The highest BCUT2D eigenvalue weighted by Crippen LogP contribution is 2.40. The Hall–Kier alpha value is -7.11. The van der Waals surface area contributed by atoms with Gasteiger partial charge in [-0.2, -0.15) is 0 Å². The minimum Gasteiger partial charge on any atom is -0.277 e. The van der Waals surface area contributed by atoms with Gasteiger partial charge in [0.1, 0.15) is 0 Å². The van der Waals surface area contributed by atoms with Crippen LogP contribution in [0.4, 0.5) is 0 Å². The molecule has 8 aromatic carbocycles. The number of para-hydroxylation sites is 2. The van der Waals surface area contributed by atoms with Crippen molar-refractivity contribution in [2.24, 2.45) is 0 Å². The smallest absolute Gasteiger partial charge is 0.265 e. The van der Waals surface area contributed by atoms with Gasteiger partial charge in [0.2, 0.25) is 5.95 Å². The molecule has 0 spiro atoms. The van der Waals surface area contributed by atoms with Crippen molar-refractivity contribution in [2.45, 2.75) is 0 Å². The van der Waals surface area contributed by atoms with Crippen LogP contribution in [0.3, 0.4) is 0 Å². The van der Waals surface area contributed by atoms with Crippen LogP contribution in [0.2, 0.25) is 0 Å². The zero-order chi connectivity index (χ0) is 34.3. The number of aromatic nitrogens is 4. The van der Waals surface area contributed by atoms with E-state index in [1.54, 1.807) is 0 Å². The Balaban J connectivity index is 1.36. The molecule has 0 unspecified atom stereocenters. The monoisotopic (exact) mass is 664 g/mol. The lowest BCUT2D eigenvalue weighted by Gasteiger charge is -2.17. The van der Waals surface area contributed by atoms with Crippen molar-refractivity contribution in [1.29, 1.82) is 0 Å². The molecule has 11 aromatic rings. The summed E-state index contributed by atoms with van der Waals surface area (Å²) in [7, 11) is 0. The van der Waals surface area contributed by atoms with Gasteiger partial charge in [0, 0.05) is 38.2 Å². The van der Waals surface area contributed by atoms with Gasteiger partial charge >= 0.3 is 0 Å². The maximum Gasteiger partial charge on any atom is 0.265 e. The summed E-state index contributed by atoms with van der Waals surface area (Å²) in [6.45, 7) is 0. The van der Waals surface area contributed by atoms with Crippen molar-refractivity contribution in [3.05, 3.63) is 180 Å². The van der Waals surface area contributed by atoms with Crippen LogP contribution >= 0.6 is 0 Å². The molecule has 0 atom stereocenters. The maximum absolute atomic E-state index is 15.4. The van der Waals surface area contributed by atoms with Gasteiger partial charge in [0.05, 0.1) is 33.1 Å². The van der Waals surface area contributed by atoms with Gasteiger partial charge in [0.15, 0.2) is 0 Å². The fraction of sp³-hybridized carbons (Fsp3) is 0. The predicted molar refractivity (Wildman–Crippen MR) is 215 cm³/mol. The molecule has 0 amide bonds. The third-order valence-electron chi connectivity index (χ3n) is 10.5. The van der Waals surface area contributed by atoms with Crippen molar-refractivity contribution in [3.63, 3.8) is 0 Å². The third-order valence-corrected chi connectivity index (χ3v) is 10.5. The molecule has 0 fully saturated rings. The van der Waals surface area contributed by atoms with E-state index in [1.807, 2.05) is 77.4 Å². The number of rotatable bonds is 3. The molecular weight excluding hydrogens is 637 g/mol. The molecule has 3 aromatic heterocycles. The van der Waals surface area contributed by atoms with Gasteiger partial charge in [-0.1, -0.05) is 146 Å². The molecule has 0 aliphatic carbocycles. The second-order valence-corrected chi connectivity index (χ2v) is 13.3. The lowest BCUT2D eigenvalue weighted by atomic mass is 9.99. The zero-order valence-corrected chi connectivity index (χ0v) is 27.9. The number of benzene rings is 8. The van der Waals surface area contributed by atoms with E-state index in [4.69, 9.17) is 9.97 Å². The third kappa shape index (κ3) is 4.02. The van der Waals surface area contributed by atoms with Crippen molar-refractivity contribution in [1.82, 2.24) is 19.1 Å². The molecule has 0 aliphatic heterocycles. The first-order valence-corrected chi connectivity index (χ1v) is 17.5. The molecule has 11 rings (SSSR count). The van der Waals surface area contributed by atoms with Gasteiger partial charge in [0.25, 0.3) is 5.56 Å². The molecule has 3 heterocycles. The van der Waals surface area contributed by atoms with E-state index < -0.39 is 0 Å². The van der Waals surface area contributed by atoms with E-state index in [-0.39, 0.29) is 5.56 Å². The first-order valence-electron chi connectivity index (χ1n) is 17.5. The predicted octanol–water partition coefficient (Wildman–Crippen LogP) is 11.2. The van der Waals surface area contributed by atoms with Crippen LogP contribution in [0, 0.1) is 0 Å². The van der Waals surface area contributed by atoms with Crippen molar-refractivity contribution < 1.29 is 0 Å². The standard InChI is InChI=1S/C47H28N4O/c52-46-42-36(38-25-23-30-14-8-10-20-34(30)44(38)50(46)32-17-5-2-6-18-32)26-27-37-35-21-11-12-22-40(35)51(45(37)42)47-48-39-28-24-29-13-7-9-19-33(29)41(39)43(49-47)31-15-3-1-4-16-31/h1-28H. The molecule has 0 saturated carbocycles. The first-order chi connectivity index (χ1) is 25.7. The van der Waals surface area contributed by atoms with Gasteiger partial charge in [-0.3, -0.25) is 13.9 Å². The summed E-state index contributed by atoms with van der Waals surface area (Å²) in [5, 5.41) is 9.88. The topological polar surface area (TPSA) is 52.7 Å². The number of nitrogens with zero attached hydrogens (tertiary/aromatic N) is 4. The quantitative estimate of drug-likeness (QED) is 0.177. The van der Waals surface area contributed by atoms with Crippen LogP contribution in [0.5, 0.6) is 0 Å². The Kier molecular flexibility index (Phi) is 6.04.